The van der Waals surface area contributed by atoms with Crippen LogP contribution >= 0.6 is 0 Å². The van der Waals surface area contributed by atoms with Gasteiger partial charge in [-0.25, -0.2) is 9.67 Å². The first-order valence-electron chi connectivity index (χ1n) is 8.05. The third-order valence-corrected chi connectivity index (χ3v) is 4.34. The highest BCUT2D eigenvalue weighted by Crippen LogP contribution is 2.17. The minimum atomic E-state index is -0.512. The molecule has 0 saturated heterocycles. The summed E-state index contributed by atoms with van der Waals surface area (Å²) >= 11 is 0. The van der Waals surface area contributed by atoms with Gasteiger partial charge >= 0.3 is 0 Å². The molecule has 0 aliphatic carbocycles. The molecule has 3 heterocycles. The Hall–Kier alpha value is -3.56. The molecular weight excluding hydrogens is 336 g/mol. The van der Waals surface area contributed by atoms with E-state index in [0.717, 1.165) is 5.56 Å². The molecule has 2 aromatic heterocycles. The van der Waals surface area contributed by atoms with E-state index in [-0.39, 0.29) is 5.91 Å². The van der Waals surface area contributed by atoms with Crippen LogP contribution in [0.4, 0.5) is 0 Å². The first-order valence-corrected chi connectivity index (χ1v) is 8.05. The highest BCUT2D eigenvalue weighted by atomic mass is 16.2. The summed E-state index contributed by atoms with van der Waals surface area (Å²) in [7, 11) is 0. The zero-order valence-electron chi connectivity index (χ0n) is 13.8. The van der Waals surface area contributed by atoms with Crippen LogP contribution in [0.1, 0.15) is 32.2 Å². The van der Waals surface area contributed by atoms with Gasteiger partial charge in [-0.1, -0.05) is 12.1 Å². The molecule has 0 fully saturated rings. The highest BCUT2D eigenvalue weighted by Gasteiger charge is 2.25. The number of carbonyl (C=O) groups is 2. The second kappa shape index (κ2) is 6.39. The number of tetrazole rings is 1. The van der Waals surface area contributed by atoms with Gasteiger partial charge in [0.25, 0.3) is 11.8 Å². The SMILES string of the molecule is NC(=O)c1cnc2n1CCN(C(=O)c1ccc(Cn3cnnn3)cc1)C2. The van der Waals surface area contributed by atoms with Crippen LogP contribution in [-0.2, 0) is 19.6 Å². The molecule has 2 amide bonds. The second-order valence-electron chi connectivity index (χ2n) is 6.01. The van der Waals surface area contributed by atoms with Gasteiger partial charge in [0, 0.05) is 18.7 Å². The number of hydrogen-bond acceptors (Lipinski definition) is 6. The van der Waals surface area contributed by atoms with Crippen molar-refractivity contribution in [3.63, 3.8) is 0 Å². The number of nitrogens with zero attached hydrogens (tertiary/aromatic N) is 7. The van der Waals surface area contributed by atoms with E-state index in [4.69, 9.17) is 5.73 Å². The molecule has 1 aliphatic heterocycles. The van der Waals surface area contributed by atoms with Crippen LogP contribution in [0.15, 0.2) is 36.8 Å². The first kappa shape index (κ1) is 15.9. The Morgan fingerprint density at radius 1 is 1.15 bits per heavy atom. The van der Waals surface area contributed by atoms with Gasteiger partial charge in [-0.15, -0.1) is 5.10 Å². The summed E-state index contributed by atoms with van der Waals surface area (Å²) in [5.74, 6) is 0.0734. The van der Waals surface area contributed by atoms with Gasteiger partial charge in [0.15, 0.2) is 0 Å². The van der Waals surface area contributed by atoms with Crippen LogP contribution in [-0.4, -0.2) is 53.0 Å². The van der Waals surface area contributed by atoms with E-state index < -0.39 is 5.91 Å². The fourth-order valence-corrected chi connectivity index (χ4v) is 3.01. The molecule has 1 aliphatic rings. The van der Waals surface area contributed by atoms with Crippen molar-refractivity contribution in [3.05, 3.63) is 59.4 Å². The number of hydrogen-bond donors (Lipinski definition) is 1. The summed E-state index contributed by atoms with van der Waals surface area (Å²) in [6, 6.07) is 7.34. The summed E-state index contributed by atoms with van der Waals surface area (Å²) in [4.78, 5) is 30.0. The number of carbonyl (C=O) groups excluding carboxylic acids is 2. The lowest BCUT2D eigenvalue weighted by Crippen LogP contribution is -2.39. The lowest BCUT2D eigenvalue weighted by atomic mass is 10.1. The number of primary amides is 1. The van der Waals surface area contributed by atoms with Gasteiger partial charge in [-0.2, -0.15) is 0 Å². The fourth-order valence-electron chi connectivity index (χ4n) is 3.01. The van der Waals surface area contributed by atoms with Crippen molar-refractivity contribution in [1.29, 1.82) is 0 Å². The van der Waals surface area contributed by atoms with Crippen molar-refractivity contribution in [2.24, 2.45) is 5.73 Å². The molecule has 0 bridgehead atoms. The molecule has 3 aromatic rings. The van der Waals surface area contributed by atoms with E-state index in [1.54, 1.807) is 26.3 Å². The maximum absolute atomic E-state index is 12.7. The molecule has 0 unspecified atom stereocenters. The molecule has 26 heavy (non-hydrogen) atoms. The van der Waals surface area contributed by atoms with Crippen LogP contribution in [0.3, 0.4) is 0 Å². The van der Waals surface area contributed by atoms with Crippen LogP contribution in [0.5, 0.6) is 0 Å². The van der Waals surface area contributed by atoms with Crippen LogP contribution in [0, 0.1) is 0 Å². The van der Waals surface area contributed by atoms with Crippen LogP contribution < -0.4 is 5.73 Å². The molecular formula is C16H16N8O2. The molecule has 0 spiro atoms. The number of rotatable bonds is 4. The Balaban J connectivity index is 1.46. The predicted molar refractivity (Wildman–Crippen MR) is 88.8 cm³/mol. The number of amides is 2. The van der Waals surface area contributed by atoms with E-state index in [1.165, 1.54) is 12.5 Å². The lowest BCUT2D eigenvalue weighted by Gasteiger charge is -2.28. The van der Waals surface area contributed by atoms with Crippen molar-refractivity contribution in [2.45, 2.75) is 19.6 Å². The van der Waals surface area contributed by atoms with Gasteiger partial charge < -0.3 is 15.2 Å². The Kier molecular flexibility index (Phi) is 3.92. The van der Waals surface area contributed by atoms with Crippen molar-refractivity contribution >= 4 is 11.8 Å². The summed E-state index contributed by atoms with van der Waals surface area (Å²) in [6.45, 7) is 1.88. The number of benzene rings is 1. The molecule has 132 valence electrons. The van der Waals surface area contributed by atoms with E-state index in [2.05, 4.69) is 20.5 Å². The molecule has 10 heteroatoms. The predicted octanol–water partition coefficient (Wildman–Crippen LogP) is -0.327. The van der Waals surface area contributed by atoms with Crippen molar-refractivity contribution in [1.82, 2.24) is 34.7 Å². The van der Waals surface area contributed by atoms with E-state index >= 15 is 0 Å². The number of imidazole rings is 1. The second-order valence-corrected chi connectivity index (χ2v) is 6.01. The number of aromatic nitrogens is 6. The topological polar surface area (TPSA) is 125 Å². The summed E-state index contributed by atoms with van der Waals surface area (Å²) < 4.78 is 3.37. The van der Waals surface area contributed by atoms with Gasteiger partial charge in [0.1, 0.15) is 17.8 Å². The summed E-state index contributed by atoms with van der Waals surface area (Å²) in [6.07, 6.45) is 2.99. The lowest BCUT2D eigenvalue weighted by molar-refractivity contribution is 0.0706. The molecule has 4 rings (SSSR count). The molecule has 10 nitrogen and oxygen atoms in total. The van der Waals surface area contributed by atoms with Gasteiger partial charge in [-0.3, -0.25) is 9.59 Å². The van der Waals surface area contributed by atoms with Gasteiger partial charge in [-0.05, 0) is 28.1 Å². The van der Waals surface area contributed by atoms with E-state index in [1.807, 2.05) is 12.1 Å². The van der Waals surface area contributed by atoms with Crippen molar-refractivity contribution in [3.8, 4) is 0 Å². The quantitative estimate of drug-likeness (QED) is 0.685. The van der Waals surface area contributed by atoms with Gasteiger partial charge in [0.2, 0.25) is 0 Å². The Morgan fingerprint density at radius 3 is 2.65 bits per heavy atom. The minimum absolute atomic E-state index is 0.0751. The third kappa shape index (κ3) is 2.92. The molecule has 2 N–H and O–H groups in total. The number of nitrogens with two attached hydrogens (primary N) is 1. The number of fused-ring (bicyclic) bond motifs is 1. The maximum atomic E-state index is 12.7. The van der Waals surface area contributed by atoms with Gasteiger partial charge in [0.05, 0.1) is 19.3 Å². The largest absolute Gasteiger partial charge is 0.364 e. The van der Waals surface area contributed by atoms with E-state index in [9.17, 15) is 9.59 Å². The summed E-state index contributed by atoms with van der Waals surface area (Å²) in [5.41, 5.74) is 7.30. The smallest absolute Gasteiger partial charge is 0.266 e. The summed E-state index contributed by atoms with van der Waals surface area (Å²) in [5, 5.41) is 11.0. The standard InChI is InChI=1S/C16H16N8O2/c17-15(25)13-7-18-14-9-22(5-6-24(13)14)16(26)12-3-1-11(2-4-12)8-23-10-19-20-21-23/h1-4,7,10H,5-6,8-9H2,(H2,17,25). The van der Waals surface area contributed by atoms with Crippen molar-refractivity contribution < 1.29 is 9.59 Å². The zero-order valence-corrected chi connectivity index (χ0v) is 13.8. The average molecular weight is 352 g/mol. The maximum Gasteiger partial charge on any atom is 0.266 e. The molecule has 1 aromatic carbocycles. The molecule has 0 atom stereocenters. The molecule has 0 saturated carbocycles. The Labute approximate surface area is 148 Å². The van der Waals surface area contributed by atoms with Crippen molar-refractivity contribution in [2.75, 3.05) is 6.54 Å². The first-order chi connectivity index (χ1) is 12.6. The average Bonchev–Trinajstić information content (AvgIpc) is 3.30. The third-order valence-electron chi connectivity index (χ3n) is 4.34. The van der Waals surface area contributed by atoms with Crippen LogP contribution in [0.2, 0.25) is 0 Å². The highest BCUT2D eigenvalue weighted by molar-refractivity contribution is 5.94. The zero-order chi connectivity index (χ0) is 18.1. The Morgan fingerprint density at radius 2 is 1.96 bits per heavy atom. The monoisotopic (exact) mass is 352 g/mol. The minimum Gasteiger partial charge on any atom is -0.364 e. The van der Waals surface area contributed by atoms with Crippen LogP contribution in [0.25, 0.3) is 0 Å². The normalized spacial score (nSPS) is 13.5. The fraction of sp³-hybridized carbons (Fsp3) is 0.250. The Bertz CT molecular complexity index is 945. The van der Waals surface area contributed by atoms with E-state index in [0.29, 0.717) is 43.3 Å². The molecule has 0 radical (unpaired) electrons.